The highest BCUT2D eigenvalue weighted by molar-refractivity contribution is 5.85. The maximum Gasteiger partial charge on any atom is 0.265 e. The lowest BCUT2D eigenvalue weighted by molar-refractivity contribution is -0.122. The summed E-state index contributed by atoms with van der Waals surface area (Å²) in [6.07, 6.45) is 3.54. The lowest BCUT2D eigenvalue weighted by atomic mass is 9.88. The molecule has 0 radical (unpaired) electrons. The number of nitrogens with zero attached hydrogens (tertiary/aromatic N) is 3. The quantitative estimate of drug-likeness (QED) is 0.736. The van der Waals surface area contributed by atoms with Crippen molar-refractivity contribution < 1.29 is 9.32 Å². The maximum atomic E-state index is 11.6. The number of Topliss-reactive ketones (excluding diaryl/α,β-unsaturated/α-hetero) is 1. The molecule has 1 aliphatic rings. The summed E-state index contributed by atoms with van der Waals surface area (Å²) in [4.78, 5) is 17.6. The predicted molar refractivity (Wildman–Crippen MR) is 54.8 cm³/mol. The molecule has 82 valence electrons. The van der Waals surface area contributed by atoms with Crippen LogP contribution < -0.4 is 4.90 Å². The Hall–Kier alpha value is -1.39. The number of hydrogen-bond donors (Lipinski definition) is 0. The van der Waals surface area contributed by atoms with Crippen molar-refractivity contribution in [2.45, 2.75) is 31.6 Å². The van der Waals surface area contributed by atoms with Gasteiger partial charge in [-0.25, -0.2) is 0 Å². The van der Waals surface area contributed by atoms with Gasteiger partial charge in [0.2, 0.25) is 5.89 Å². The van der Waals surface area contributed by atoms with Crippen LogP contribution in [0.15, 0.2) is 4.52 Å². The second kappa shape index (κ2) is 4.00. The van der Waals surface area contributed by atoms with E-state index in [1.165, 1.54) is 0 Å². The van der Waals surface area contributed by atoms with E-state index in [0.717, 1.165) is 19.3 Å². The molecule has 1 aromatic heterocycles. The van der Waals surface area contributed by atoms with Gasteiger partial charge in [-0.1, -0.05) is 6.42 Å². The standard InChI is InChI=1S/C10H15N3O2/c1-13(2)10-11-9(15-12-10)7-5-3-4-6-8(7)14/h7H,3-6H2,1-2H3. The van der Waals surface area contributed by atoms with E-state index in [2.05, 4.69) is 10.1 Å². The normalized spacial score (nSPS) is 21.7. The monoisotopic (exact) mass is 209 g/mol. The molecule has 1 heterocycles. The van der Waals surface area contributed by atoms with E-state index in [9.17, 15) is 4.79 Å². The van der Waals surface area contributed by atoms with E-state index in [-0.39, 0.29) is 11.7 Å². The van der Waals surface area contributed by atoms with Gasteiger partial charge < -0.3 is 9.42 Å². The van der Waals surface area contributed by atoms with Crippen LogP contribution in [-0.4, -0.2) is 30.0 Å². The Bertz CT molecular complexity index is 359. The fraction of sp³-hybridized carbons (Fsp3) is 0.700. The first-order valence-electron chi connectivity index (χ1n) is 5.22. The van der Waals surface area contributed by atoms with Crippen molar-refractivity contribution in [3.05, 3.63) is 5.89 Å². The lowest BCUT2D eigenvalue weighted by Crippen LogP contribution is -2.17. The van der Waals surface area contributed by atoms with Gasteiger partial charge in [0.25, 0.3) is 5.95 Å². The molecule has 0 bridgehead atoms. The molecule has 1 saturated carbocycles. The third-order valence-electron chi connectivity index (χ3n) is 2.68. The van der Waals surface area contributed by atoms with Crippen molar-refractivity contribution in [2.75, 3.05) is 19.0 Å². The van der Waals surface area contributed by atoms with Crippen LogP contribution in [0.5, 0.6) is 0 Å². The Morgan fingerprint density at radius 3 is 2.80 bits per heavy atom. The number of rotatable bonds is 2. The number of carbonyl (C=O) groups is 1. The molecule has 15 heavy (non-hydrogen) atoms. The van der Waals surface area contributed by atoms with Crippen LogP contribution in [0, 0.1) is 0 Å². The molecule has 0 N–H and O–H groups in total. The maximum absolute atomic E-state index is 11.6. The van der Waals surface area contributed by atoms with Crippen LogP contribution in [0.2, 0.25) is 0 Å². The first kappa shape index (κ1) is 10.1. The third kappa shape index (κ3) is 2.00. The van der Waals surface area contributed by atoms with Crippen LogP contribution in [0.3, 0.4) is 0 Å². The van der Waals surface area contributed by atoms with Crippen molar-refractivity contribution in [1.82, 2.24) is 10.1 Å². The number of ketones is 1. The first-order valence-corrected chi connectivity index (χ1v) is 5.22. The molecule has 0 amide bonds. The Morgan fingerprint density at radius 1 is 1.40 bits per heavy atom. The van der Waals surface area contributed by atoms with Gasteiger partial charge in [-0.3, -0.25) is 4.79 Å². The van der Waals surface area contributed by atoms with E-state index in [0.29, 0.717) is 18.3 Å². The molecule has 2 rings (SSSR count). The molecule has 1 atom stereocenters. The Labute approximate surface area is 88.5 Å². The summed E-state index contributed by atoms with van der Waals surface area (Å²) in [5, 5.41) is 3.81. The van der Waals surface area contributed by atoms with Crippen LogP contribution in [0.25, 0.3) is 0 Å². The SMILES string of the molecule is CN(C)c1noc(C2CCCCC2=O)n1. The molecule has 0 aromatic carbocycles. The van der Waals surface area contributed by atoms with Gasteiger partial charge in [0, 0.05) is 20.5 Å². The highest BCUT2D eigenvalue weighted by atomic mass is 16.5. The smallest absolute Gasteiger partial charge is 0.265 e. The average Bonchev–Trinajstić information content (AvgIpc) is 2.67. The topological polar surface area (TPSA) is 59.2 Å². The van der Waals surface area contributed by atoms with Gasteiger partial charge in [0.05, 0.1) is 5.92 Å². The Kier molecular flexibility index (Phi) is 2.70. The summed E-state index contributed by atoms with van der Waals surface area (Å²) >= 11 is 0. The summed E-state index contributed by atoms with van der Waals surface area (Å²) < 4.78 is 5.11. The van der Waals surface area contributed by atoms with Crippen molar-refractivity contribution in [2.24, 2.45) is 0 Å². The van der Waals surface area contributed by atoms with Crippen LogP contribution in [0.4, 0.5) is 5.95 Å². The number of anilines is 1. The van der Waals surface area contributed by atoms with Gasteiger partial charge in [-0.2, -0.15) is 4.98 Å². The summed E-state index contributed by atoms with van der Waals surface area (Å²) in [7, 11) is 3.69. The second-order valence-electron chi connectivity index (χ2n) is 4.09. The number of aromatic nitrogens is 2. The molecule has 5 heteroatoms. The predicted octanol–water partition coefficient (Wildman–Crippen LogP) is 1.36. The summed E-state index contributed by atoms with van der Waals surface area (Å²) in [6.45, 7) is 0. The summed E-state index contributed by atoms with van der Waals surface area (Å²) in [5.41, 5.74) is 0. The minimum absolute atomic E-state index is 0.167. The van der Waals surface area contributed by atoms with E-state index in [1.54, 1.807) is 4.90 Å². The van der Waals surface area contributed by atoms with Gasteiger partial charge >= 0.3 is 0 Å². The average molecular weight is 209 g/mol. The minimum Gasteiger partial charge on any atom is -0.344 e. The zero-order valence-corrected chi connectivity index (χ0v) is 9.06. The third-order valence-corrected chi connectivity index (χ3v) is 2.68. The van der Waals surface area contributed by atoms with E-state index < -0.39 is 0 Å². The van der Waals surface area contributed by atoms with Crippen LogP contribution >= 0.6 is 0 Å². The van der Waals surface area contributed by atoms with Crippen molar-refractivity contribution in [1.29, 1.82) is 0 Å². The van der Waals surface area contributed by atoms with Gasteiger partial charge in [-0.15, -0.1) is 0 Å². The zero-order chi connectivity index (χ0) is 10.8. The highest BCUT2D eigenvalue weighted by Crippen LogP contribution is 2.29. The highest BCUT2D eigenvalue weighted by Gasteiger charge is 2.29. The molecule has 1 aromatic rings. The van der Waals surface area contributed by atoms with Crippen LogP contribution in [-0.2, 0) is 4.79 Å². The fourth-order valence-electron chi connectivity index (χ4n) is 1.79. The Morgan fingerprint density at radius 2 is 2.20 bits per heavy atom. The fourth-order valence-corrected chi connectivity index (χ4v) is 1.79. The molecule has 1 fully saturated rings. The first-order chi connectivity index (χ1) is 7.18. The minimum atomic E-state index is -0.167. The molecule has 0 aliphatic heterocycles. The van der Waals surface area contributed by atoms with Gasteiger partial charge in [-0.05, 0) is 18.0 Å². The number of hydrogen-bond acceptors (Lipinski definition) is 5. The summed E-state index contributed by atoms with van der Waals surface area (Å²) in [6, 6.07) is 0. The molecule has 1 unspecified atom stereocenters. The van der Waals surface area contributed by atoms with E-state index >= 15 is 0 Å². The van der Waals surface area contributed by atoms with E-state index in [1.807, 2.05) is 14.1 Å². The second-order valence-corrected chi connectivity index (χ2v) is 4.09. The number of carbonyl (C=O) groups excluding carboxylic acids is 1. The zero-order valence-electron chi connectivity index (χ0n) is 9.06. The molecule has 0 spiro atoms. The molecular formula is C10H15N3O2. The van der Waals surface area contributed by atoms with E-state index in [4.69, 9.17) is 4.52 Å². The lowest BCUT2D eigenvalue weighted by Gasteiger charge is -2.16. The van der Waals surface area contributed by atoms with Crippen molar-refractivity contribution >= 4 is 11.7 Å². The van der Waals surface area contributed by atoms with Crippen molar-refractivity contribution in [3.8, 4) is 0 Å². The van der Waals surface area contributed by atoms with Gasteiger partial charge in [0.1, 0.15) is 5.78 Å². The molecular weight excluding hydrogens is 194 g/mol. The molecule has 0 saturated heterocycles. The van der Waals surface area contributed by atoms with Gasteiger partial charge in [0.15, 0.2) is 0 Å². The largest absolute Gasteiger partial charge is 0.344 e. The molecule has 1 aliphatic carbocycles. The summed E-state index contributed by atoms with van der Waals surface area (Å²) in [5.74, 6) is 1.07. The van der Waals surface area contributed by atoms with Crippen molar-refractivity contribution in [3.63, 3.8) is 0 Å². The molecule has 5 nitrogen and oxygen atoms in total. The van der Waals surface area contributed by atoms with Crippen LogP contribution in [0.1, 0.15) is 37.5 Å². The Balaban J connectivity index is 2.17.